The fourth-order valence-corrected chi connectivity index (χ4v) is 3.22. The first-order chi connectivity index (χ1) is 13.6. The second-order valence-corrected chi connectivity index (χ2v) is 6.84. The summed E-state index contributed by atoms with van der Waals surface area (Å²) in [4.78, 5) is 14.1. The Morgan fingerprint density at radius 1 is 1.25 bits per heavy atom. The van der Waals surface area contributed by atoms with Crippen molar-refractivity contribution in [2.75, 3.05) is 32.8 Å². The van der Waals surface area contributed by atoms with E-state index in [2.05, 4.69) is 5.32 Å². The molecule has 150 valence electrons. The minimum absolute atomic E-state index is 0.0256. The number of ether oxygens (including phenoxy) is 2. The van der Waals surface area contributed by atoms with Gasteiger partial charge in [0.15, 0.2) is 0 Å². The van der Waals surface area contributed by atoms with Gasteiger partial charge in [-0.3, -0.25) is 0 Å². The van der Waals surface area contributed by atoms with E-state index in [1.54, 1.807) is 23.1 Å². The van der Waals surface area contributed by atoms with E-state index in [0.717, 1.165) is 12.0 Å². The molecule has 0 aliphatic carbocycles. The van der Waals surface area contributed by atoms with Crippen molar-refractivity contribution in [1.29, 1.82) is 0 Å². The van der Waals surface area contributed by atoms with Gasteiger partial charge in [0.05, 0.1) is 19.3 Å². The Morgan fingerprint density at radius 3 is 2.79 bits per heavy atom. The maximum Gasteiger partial charge on any atom is 0.317 e. The van der Waals surface area contributed by atoms with Gasteiger partial charge in [0.1, 0.15) is 11.9 Å². The molecule has 1 heterocycles. The molecular weight excluding hydrogens is 359 g/mol. The van der Waals surface area contributed by atoms with Gasteiger partial charge in [-0.25, -0.2) is 9.18 Å². The molecule has 2 aromatic rings. The number of carbonyl (C=O) groups excluding carboxylic acids is 1. The van der Waals surface area contributed by atoms with Gasteiger partial charge >= 0.3 is 6.03 Å². The number of amides is 2. The third kappa shape index (κ3) is 5.53. The number of urea groups is 1. The van der Waals surface area contributed by atoms with Crippen LogP contribution in [-0.4, -0.2) is 43.8 Å². The zero-order chi connectivity index (χ0) is 19.8. The average molecular weight is 386 g/mol. The van der Waals surface area contributed by atoms with Crippen molar-refractivity contribution in [1.82, 2.24) is 10.2 Å². The summed E-state index contributed by atoms with van der Waals surface area (Å²) in [7, 11) is 0. The number of nitrogens with one attached hydrogen (secondary N) is 1. The first kappa shape index (κ1) is 20.3. The zero-order valence-electron chi connectivity index (χ0n) is 16.1. The van der Waals surface area contributed by atoms with Crippen LogP contribution in [0.2, 0.25) is 0 Å². The smallest absolute Gasteiger partial charge is 0.317 e. The number of hydrogen-bond donors (Lipinski definition) is 1. The highest BCUT2D eigenvalue weighted by atomic mass is 19.1. The number of morpholine rings is 1. The number of rotatable bonds is 7. The maximum absolute atomic E-state index is 14.0. The lowest BCUT2D eigenvalue weighted by Crippen LogP contribution is -2.47. The van der Waals surface area contributed by atoms with E-state index in [1.165, 1.54) is 6.07 Å². The van der Waals surface area contributed by atoms with Crippen LogP contribution in [0.15, 0.2) is 54.6 Å². The first-order valence-corrected chi connectivity index (χ1v) is 9.70. The van der Waals surface area contributed by atoms with Crippen molar-refractivity contribution < 1.29 is 18.7 Å². The number of benzene rings is 2. The van der Waals surface area contributed by atoms with Gasteiger partial charge in [0.2, 0.25) is 0 Å². The van der Waals surface area contributed by atoms with E-state index in [0.29, 0.717) is 38.4 Å². The molecule has 5 nitrogen and oxygen atoms in total. The van der Waals surface area contributed by atoms with E-state index in [4.69, 9.17) is 9.47 Å². The Labute approximate surface area is 165 Å². The molecule has 1 aliphatic rings. The summed E-state index contributed by atoms with van der Waals surface area (Å²) >= 11 is 0. The van der Waals surface area contributed by atoms with Crippen LogP contribution in [0.1, 0.15) is 36.7 Å². The topological polar surface area (TPSA) is 50.8 Å². The van der Waals surface area contributed by atoms with E-state index < -0.39 is 6.10 Å². The van der Waals surface area contributed by atoms with E-state index in [1.807, 2.05) is 37.3 Å². The molecule has 0 saturated carbocycles. The van der Waals surface area contributed by atoms with Crippen LogP contribution in [0.5, 0.6) is 0 Å². The lowest BCUT2D eigenvalue weighted by Gasteiger charge is -2.33. The van der Waals surface area contributed by atoms with Gasteiger partial charge in [0, 0.05) is 25.3 Å². The SMILES string of the molecule is C[C@H](OCCCNC(=O)N1CCO[C@@H](c2ccccc2F)C1)c1ccccc1. The highest BCUT2D eigenvalue weighted by molar-refractivity contribution is 5.74. The molecule has 3 rings (SSSR count). The van der Waals surface area contributed by atoms with Crippen LogP contribution in [0.25, 0.3) is 0 Å². The van der Waals surface area contributed by atoms with E-state index >= 15 is 0 Å². The van der Waals surface area contributed by atoms with E-state index in [-0.39, 0.29) is 18.0 Å². The summed E-state index contributed by atoms with van der Waals surface area (Å²) < 4.78 is 25.4. The fourth-order valence-electron chi connectivity index (χ4n) is 3.22. The molecule has 1 aliphatic heterocycles. The zero-order valence-corrected chi connectivity index (χ0v) is 16.1. The molecule has 0 unspecified atom stereocenters. The van der Waals surface area contributed by atoms with E-state index in [9.17, 15) is 9.18 Å². The predicted molar refractivity (Wildman–Crippen MR) is 105 cm³/mol. The van der Waals surface area contributed by atoms with Crippen molar-refractivity contribution >= 4 is 6.03 Å². The van der Waals surface area contributed by atoms with Crippen LogP contribution in [-0.2, 0) is 9.47 Å². The minimum Gasteiger partial charge on any atom is -0.374 e. The van der Waals surface area contributed by atoms with Crippen molar-refractivity contribution in [3.63, 3.8) is 0 Å². The third-order valence-electron chi connectivity index (χ3n) is 4.84. The van der Waals surface area contributed by atoms with Gasteiger partial charge in [-0.2, -0.15) is 0 Å². The molecule has 0 bridgehead atoms. The first-order valence-electron chi connectivity index (χ1n) is 9.70. The summed E-state index contributed by atoms with van der Waals surface area (Å²) in [6.45, 7) is 4.35. The van der Waals surface area contributed by atoms with Crippen molar-refractivity contribution in [3.05, 3.63) is 71.5 Å². The number of halogens is 1. The summed E-state index contributed by atoms with van der Waals surface area (Å²) in [5, 5.41) is 2.91. The Morgan fingerprint density at radius 2 is 2.00 bits per heavy atom. The minimum atomic E-state index is -0.434. The quantitative estimate of drug-likeness (QED) is 0.730. The molecule has 0 aromatic heterocycles. The number of carbonyl (C=O) groups is 1. The van der Waals surface area contributed by atoms with Crippen LogP contribution >= 0.6 is 0 Å². The molecule has 2 atom stereocenters. The Hall–Kier alpha value is -2.44. The Kier molecular flexibility index (Phi) is 7.39. The van der Waals surface area contributed by atoms with Gasteiger partial charge in [0.25, 0.3) is 0 Å². The summed E-state index contributed by atoms with van der Waals surface area (Å²) in [5.41, 5.74) is 1.63. The number of nitrogens with zero attached hydrogens (tertiary/aromatic N) is 1. The lowest BCUT2D eigenvalue weighted by molar-refractivity contribution is -0.0172. The largest absolute Gasteiger partial charge is 0.374 e. The Bertz CT molecular complexity index is 756. The van der Waals surface area contributed by atoms with Gasteiger partial charge in [-0.1, -0.05) is 48.5 Å². The summed E-state index contributed by atoms with van der Waals surface area (Å²) in [6, 6.07) is 16.4. The maximum atomic E-state index is 14.0. The molecule has 2 amide bonds. The molecule has 0 radical (unpaired) electrons. The molecule has 6 heteroatoms. The molecule has 0 spiro atoms. The highest BCUT2D eigenvalue weighted by Crippen LogP contribution is 2.24. The van der Waals surface area contributed by atoms with Crippen molar-refractivity contribution in [3.8, 4) is 0 Å². The van der Waals surface area contributed by atoms with Gasteiger partial charge < -0.3 is 19.7 Å². The summed E-state index contributed by atoms with van der Waals surface area (Å²) in [5.74, 6) is -0.306. The normalized spacial score (nSPS) is 17.9. The van der Waals surface area contributed by atoms with Crippen LogP contribution in [0.3, 0.4) is 0 Å². The van der Waals surface area contributed by atoms with Gasteiger partial charge in [-0.05, 0) is 25.0 Å². The molecular formula is C22H27FN2O3. The predicted octanol–water partition coefficient (Wildman–Crippen LogP) is 4.08. The molecule has 2 aromatic carbocycles. The molecule has 1 fully saturated rings. The standard InChI is InChI=1S/C22H27FN2O3/c1-17(18-8-3-2-4-9-18)27-14-7-12-24-22(26)25-13-15-28-21(16-25)19-10-5-6-11-20(19)23/h2-6,8-11,17,21H,7,12-16H2,1H3,(H,24,26)/t17-,21+/m0/s1. The summed E-state index contributed by atoms with van der Waals surface area (Å²) in [6.07, 6.45) is 0.317. The fraction of sp³-hybridized carbons (Fsp3) is 0.409. The van der Waals surface area contributed by atoms with Crippen molar-refractivity contribution in [2.45, 2.75) is 25.6 Å². The monoisotopic (exact) mass is 386 g/mol. The third-order valence-corrected chi connectivity index (χ3v) is 4.84. The van der Waals surface area contributed by atoms with Crippen LogP contribution in [0, 0.1) is 5.82 Å². The second kappa shape index (κ2) is 10.2. The molecule has 1 saturated heterocycles. The molecule has 28 heavy (non-hydrogen) atoms. The van der Waals surface area contributed by atoms with Crippen LogP contribution in [0.4, 0.5) is 9.18 Å². The molecule has 1 N–H and O–H groups in total. The lowest BCUT2D eigenvalue weighted by atomic mass is 10.1. The highest BCUT2D eigenvalue weighted by Gasteiger charge is 2.26. The second-order valence-electron chi connectivity index (χ2n) is 6.84. The average Bonchev–Trinajstić information content (AvgIpc) is 2.74. The van der Waals surface area contributed by atoms with Crippen molar-refractivity contribution in [2.24, 2.45) is 0 Å². The van der Waals surface area contributed by atoms with Gasteiger partial charge in [-0.15, -0.1) is 0 Å². The Balaban J connectivity index is 1.38. The number of hydrogen-bond acceptors (Lipinski definition) is 3. The van der Waals surface area contributed by atoms with Crippen LogP contribution < -0.4 is 5.32 Å².